The summed E-state index contributed by atoms with van der Waals surface area (Å²) in [4.78, 5) is 0. The van der Waals surface area contributed by atoms with Crippen LogP contribution in [0.3, 0.4) is 0 Å². The average Bonchev–Trinajstić information content (AvgIpc) is 2.73. The molecule has 0 bridgehead atoms. The lowest BCUT2D eigenvalue weighted by molar-refractivity contribution is 0.414. The van der Waals surface area contributed by atoms with Gasteiger partial charge in [-0.25, -0.2) is 0 Å². The molecule has 0 spiro atoms. The van der Waals surface area contributed by atoms with Crippen molar-refractivity contribution in [3.05, 3.63) is 102 Å². The third-order valence-corrected chi connectivity index (χ3v) is 4.66. The van der Waals surface area contributed by atoms with Crippen LogP contribution in [0, 0.1) is 0 Å². The van der Waals surface area contributed by atoms with E-state index < -0.39 is 0 Å². The van der Waals surface area contributed by atoms with Crippen LogP contribution in [0.15, 0.2) is 84.9 Å². The van der Waals surface area contributed by atoms with E-state index in [0.29, 0.717) is 0 Å². The predicted octanol–water partition coefficient (Wildman–Crippen LogP) is 6.12. The van der Waals surface area contributed by atoms with Crippen molar-refractivity contribution in [2.45, 2.75) is 5.92 Å². The second-order valence-electron chi connectivity index (χ2n) is 5.90. The van der Waals surface area contributed by atoms with Gasteiger partial charge in [0, 0.05) is 11.0 Å². The molecule has 0 heterocycles. The van der Waals surface area contributed by atoms with E-state index in [0.717, 1.165) is 33.2 Å². The SMILES string of the molecule is COc1ccc(C(/C=C(\Cl)c2ccccc2)c2ccc(OC)cc2)cc1. The molecular formula is C23H21ClO2. The summed E-state index contributed by atoms with van der Waals surface area (Å²) in [6.07, 6.45) is 2.08. The Morgan fingerprint density at radius 1 is 0.731 bits per heavy atom. The van der Waals surface area contributed by atoms with Crippen LogP contribution in [-0.4, -0.2) is 14.2 Å². The highest BCUT2D eigenvalue weighted by molar-refractivity contribution is 6.48. The Morgan fingerprint density at radius 2 is 1.19 bits per heavy atom. The van der Waals surface area contributed by atoms with Gasteiger partial charge in [0.05, 0.1) is 14.2 Å². The van der Waals surface area contributed by atoms with Crippen LogP contribution in [-0.2, 0) is 0 Å². The van der Waals surface area contributed by atoms with Gasteiger partial charge in [-0.3, -0.25) is 0 Å². The van der Waals surface area contributed by atoms with Crippen LogP contribution >= 0.6 is 11.6 Å². The summed E-state index contributed by atoms with van der Waals surface area (Å²) in [6, 6.07) is 26.1. The molecule has 132 valence electrons. The fourth-order valence-electron chi connectivity index (χ4n) is 2.85. The monoisotopic (exact) mass is 364 g/mol. The molecule has 3 heteroatoms. The molecule has 0 radical (unpaired) electrons. The van der Waals surface area contributed by atoms with Crippen LogP contribution < -0.4 is 9.47 Å². The maximum Gasteiger partial charge on any atom is 0.118 e. The first-order valence-corrected chi connectivity index (χ1v) is 8.79. The molecule has 3 rings (SSSR count). The lowest BCUT2D eigenvalue weighted by atomic mass is 9.90. The molecule has 0 N–H and O–H groups in total. The van der Waals surface area contributed by atoms with Crippen LogP contribution in [0.4, 0.5) is 0 Å². The van der Waals surface area contributed by atoms with E-state index in [-0.39, 0.29) is 5.92 Å². The number of hydrogen-bond donors (Lipinski definition) is 0. The Bertz CT molecular complexity index is 805. The zero-order chi connectivity index (χ0) is 18.4. The minimum absolute atomic E-state index is 0.0273. The highest BCUT2D eigenvalue weighted by Gasteiger charge is 2.14. The minimum atomic E-state index is 0.0273. The summed E-state index contributed by atoms with van der Waals surface area (Å²) < 4.78 is 10.6. The summed E-state index contributed by atoms with van der Waals surface area (Å²) in [6.45, 7) is 0. The minimum Gasteiger partial charge on any atom is -0.497 e. The van der Waals surface area contributed by atoms with Gasteiger partial charge in [-0.05, 0) is 41.0 Å². The van der Waals surface area contributed by atoms with Crippen molar-refractivity contribution in [2.75, 3.05) is 14.2 Å². The summed E-state index contributed by atoms with van der Waals surface area (Å²) >= 11 is 6.63. The van der Waals surface area contributed by atoms with Gasteiger partial charge in [0.2, 0.25) is 0 Å². The van der Waals surface area contributed by atoms with Gasteiger partial charge in [-0.2, -0.15) is 0 Å². The number of methoxy groups -OCH3 is 2. The number of halogens is 1. The molecule has 2 nitrogen and oxygen atoms in total. The molecule has 0 unspecified atom stereocenters. The van der Waals surface area contributed by atoms with Crippen molar-refractivity contribution in [2.24, 2.45) is 0 Å². The fraction of sp³-hybridized carbons (Fsp3) is 0.130. The number of rotatable bonds is 6. The van der Waals surface area contributed by atoms with Crippen molar-refractivity contribution >= 4 is 16.6 Å². The Balaban J connectivity index is 2.02. The molecule has 3 aromatic carbocycles. The number of ether oxygens (including phenoxy) is 2. The number of allylic oxidation sites excluding steroid dienone is 1. The van der Waals surface area contributed by atoms with Crippen LogP contribution in [0.25, 0.3) is 5.03 Å². The quantitative estimate of drug-likeness (QED) is 0.525. The van der Waals surface area contributed by atoms with Gasteiger partial charge in [0.25, 0.3) is 0 Å². The predicted molar refractivity (Wildman–Crippen MR) is 108 cm³/mol. The van der Waals surface area contributed by atoms with Gasteiger partial charge in [-0.1, -0.05) is 72.3 Å². The molecular weight excluding hydrogens is 344 g/mol. The van der Waals surface area contributed by atoms with Crippen molar-refractivity contribution in [1.29, 1.82) is 0 Å². The number of hydrogen-bond acceptors (Lipinski definition) is 2. The van der Waals surface area contributed by atoms with E-state index in [1.54, 1.807) is 14.2 Å². The lowest BCUT2D eigenvalue weighted by Crippen LogP contribution is -1.99. The van der Waals surface area contributed by atoms with Gasteiger partial charge >= 0.3 is 0 Å². The summed E-state index contributed by atoms with van der Waals surface area (Å²) in [5, 5.41) is 0.724. The van der Waals surface area contributed by atoms with E-state index in [9.17, 15) is 0 Å². The zero-order valence-electron chi connectivity index (χ0n) is 14.9. The number of benzene rings is 3. The van der Waals surface area contributed by atoms with E-state index in [4.69, 9.17) is 21.1 Å². The molecule has 0 aliphatic carbocycles. The summed E-state index contributed by atoms with van der Waals surface area (Å²) in [7, 11) is 3.34. The highest BCUT2D eigenvalue weighted by atomic mass is 35.5. The standard InChI is InChI=1S/C23H21ClO2/c1-25-20-12-8-17(9-13-20)22(18-10-14-21(26-2)15-11-18)16-23(24)19-6-4-3-5-7-19/h3-16,22H,1-2H3/b23-16-. The molecule has 0 saturated heterocycles. The Kier molecular flexibility index (Phi) is 5.98. The molecule has 0 aromatic heterocycles. The molecule has 3 aromatic rings. The molecule has 0 atom stereocenters. The molecule has 0 aliphatic heterocycles. The molecule has 26 heavy (non-hydrogen) atoms. The topological polar surface area (TPSA) is 18.5 Å². The van der Waals surface area contributed by atoms with E-state index in [1.165, 1.54) is 0 Å². The summed E-state index contributed by atoms with van der Waals surface area (Å²) in [5.41, 5.74) is 3.29. The maximum absolute atomic E-state index is 6.63. The first-order chi connectivity index (χ1) is 12.7. The molecule has 0 aliphatic rings. The second-order valence-corrected chi connectivity index (χ2v) is 6.31. The maximum atomic E-state index is 6.63. The van der Waals surface area contributed by atoms with Crippen LogP contribution in [0.2, 0.25) is 0 Å². The Hall–Kier alpha value is -2.71. The Labute approximate surface area is 159 Å². The van der Waals surface area contributed by atoms with Gasteiger partial charge in [0.15, 0.2) is 0 Å². The lowest BCUT2D eigenvalue weighted by Gasteiger charge is -2.16. The normalized spacial score (nSPS) is 11.5. The molecule has 0 amide bonds. The van der Waals surface area contributed by atoms with Crippen molar-refractivity contribution in [3.8, 4) is 11.5 Å². The highest BCUT2D eigenvalue weighted by Crippen LogP contribution is 2.33. The third kappa shape index (κ3) is 4.27. The first kappa shape index (κ1) is 18.1. The van der Waals surface area contributed by atoms with Gasteiger partial charge < -0.3 is 9.47 Å². The molecule has 0 saturated carbocycles. The van der Waals surface area contributed by atoms with Crippen LogP contribution in [0.1, 0.15) is 22.6 Å². The van der Waals surface area contributed by atoms with E-state index >= 15 is 0 Å². The van der Waals surface area contributed by atoms with Crippen LogP contribution in [0.5, 0.6) is 11.5 Å². The van der Waals surface area contributed by atoms with E-state index in [2.05, 4.69) is 30.3 Å². The Morgan fingerprint density at radius 3 is 1.62 bits per heavy atom. The second kappa shape index (κ2) is 8.59. The van der Waals surface area contributed by atoms with Gasteiger partial charge in [0.1, 0.15) is 11.5 Å². The van der Waals surface area contributed by atoms with E-state index in [1.807, 2.05) is 54.6 Å². The average molecular weight is 365 g/mol. The van der Waals surface area contributed by atoms with Crippen molar-refractivity contribution in [3.63, 3.8) is 0 Å². The fourth-order valence-corrected chi connectivity index (χ4v) is 3.10. The zero-order valence-corrected chi connectivity index (χ0v) is 15.6. The van der Waals surface area contributed by atoms with Crippen molar-refractivity contribution < 1.29 is 9.47 Å². The third-order valence-electron chi connectivity index (χ3n) is 4.31. The van der Waals surface area contributed by atoms with Gasteiger partial charge in [-0.15, -0.1) is 0 Å². The van der Waals surface area contributed by atoms with Crippen molar-refractivity contribution in [1.82, 2.24) is 0 Å². The smallest absolute Gasteiger partial charge is 0.118 e. The summed E-state index contributed by atoms with van der Waals surface area (Å²) in [5.74, 6) is 1.69. The first-order valence-electron chi connectivity index (χ1n) is 8.42. The molecule has 0 fully saturated rings. The largest absolute Gasteiger partial charge is 0.497 e.